The molecule has 2 aliphatic heterocycles. The first-order valence-corrected chi connectivity index (χ1v) is 10.9. The van der Waals surface area contributed by atoms with Crippen LogP contribution in [-0.2, 0) is 4.74 Å². The number of Topliss-reactive ketones (excluding diaryl/α,β-unsaturated/α-hetero) is 1. The Labute approximate surface area is 178 Å². The lowest BCUT2D eigenvalue weighted by atomic mass is 9.75. The summed E-state index contributed by atoms with van der Waals surface area (Å²) in [6.45, 7) is 5.68. The molecule has 2 bridgehead atoms. The molecule has 0 N–H and O–H groups in total. The highest BCUT2D eigenvalue weighted by molar-refractivity contribution is 6.10. The molecule has 0 spiro atoms. The molecule has 0 aliphatic carbocycles. The molecule has 160 valence electrons. The van der Waals surface area contributed by atoms with Crippen LogP contribution in [0, 0.1) is 5.92 Å². The lowest BCUT2D eigenvalue weighted by molar-refractivity contribution is -0.0260. The van der Waals surface area contributed by atoms with E-state index in [2.05, 4.69) is 0 Å². The van der Waals surface area contributed by atoms with E-state index >= 15 is 0 Å². The first kappa shape index (κ1) is 20.7. The van der Waals surface area contributed by atoms with Gasteiger partial charge < -0.3 is 14.4 Å². The Morgan fingerprint density at radius 3 is 2.20 bits per heavy atom. The predicted octanol–water partition coefficient (Wildman–Crippen LogP) is 5.60. The molecule has 4 rings (SSSR count). The van der Waals surface area contributed by atoms with E-state index in [-0.39, 0.29) is 29.9 Å². The summed E-state index contributed by atoms with van der Waals surface area (Å²) in [5.74, 6) is 0.879. The summed E-state index contributed by atoms with van der Waals surface area (Å²) in [5.41, 5.74) is 0.236. The third kappa shape index (κ3) is 3.90. The number of ketones is 1. The van der Waals surface area contributed by atoms with Gasteiger partial charge in [0.25, 0.3) is 0 Å². The number of carbonyl (C=O) groups excluding carboxylic acids is 2. The van der Waals surface area contributed by atoms with Gasteiger partial charge in [0.15, 0.2) is 5.78 Å². The predicted molar refractivity (Wildman–Crippen MR) is 117 cm³/mol. The second-order valence-electron chi connectivity index (χ2n) is 9.52. The van der Waals surface area contributed by atoms with Crippen molar-refractivity contribution < 1.29 is 19.1 Å². The van der Waals surface area contributed by atoms with Gasteiger partial charge in [0.05, 0.1) is 7.11 Å². The molecule has 0 saturated carbocycles. The summed E-state index contributed by atoms with van der Waals surface area (Å²) in [5, 5.41) is 1.89. The molecule has 2 aliphatic rings. The van der Waals surface area contributed by atoms with Gasteiger partial charge in [-0.25, -0.2) is 4.79 Å². The number of amides is 1. The zero-order valence-corrected chi connectivity index (χ0v) is 18.3. The SMILES string of the molecule is COc1ccc(C(=O)C2CC3CCCC(C2)N3C(=O)OC(C)(C)C)c2ccccc12. The number of carbonyl (C=O) groups is 2. The van der Waals surface area contributed by atoms with Crippen molar-refractivity contribution in [2.45, 2.75) is 70.6 Å². The maximum Gasteiger partial charge on any atom is 0.410 e. The molecule has 0 aromatic heterocycles. The maximum atomic E-state index is 13.6. The zero-order valence-electron chi connectivity index (χ0n) is 18.3. The molecule has 2 fully saturated rings. The molecule has 5 heteroatoms. The second-order valence-corrected chi connectivity index (χ2v) is 9.52. The smallest absolute Gasteiger partial charge is 0.410 e. The summed E-state index contributed by atoms with van der Waals surface area (Å²) < 4.78 is 11.1. The highest BCUT2D eigenvalue weighted by Crippen LogP contribution is 2.40. The third-order valence-corrected chi connectivity index (χ3v) is 6.32. The Morgan fingerprint density at radius 2 is 1.60 bits per heavy atom. The minimum absolute atomic E-state index is 0.0733. The van der Waals surface area contributed by atoms with Crippen LogP contribution in [-0.4, -0.2) is 41.6 Å². The highest BCUT2D eigenvalue weighted by atomic mass is 16.6. The van der Waals surface area contributed by atoms with Crippen molar-refractivity contribution in [1.29, 1.82) is 0 Å². The average Bonchev–Trinajstić information content (AvgIpc) is 2.70. The number of hydrogen-bond donors (Lipinski definition) is 0. The summed E-state index contributed by atoms with van der Waals surface area (Å²) in [6.07, 6.45) is 4.13. The Kier molecular flexibility index (Phi) is 5.48. The van der Waals surface area contributed by atoms with Crippen molar-refractivity contribution in [3.05, 3.63) is 42.0 Å². The average molecular weight is 410 g/mol. The van der Waals surface area contributed by atoms with Crippen LogP contribution in [0.2, 0.25) is 0 Å². The van der Waals surface area contributed by atoms with Gasteiger partial charge in [0.2, 0.25) is 0 Å². The molecular weight excluding hydrogens is 378 g/mol. The van der Waals surface area contributed by atoms with Crippen LogP contribution in [0.4, 0.5) is 4.79 Å². The van der Waals surface area contributed by atoms with Crippen molar-refractivity contribution in [1.82, 2.24) is 4.90 Å². The monoisotopic (exact) mass is 409 g/mol. The van der Waals surface area contributed by atoms with Crippen molar-refractivity contribution in [2.75, 3.05) is 7.11 Å². The molecule has 2 aromatic rings. The second kappa shape index (κ2) is 7.93. The van der Waals surface area contributed by atoms with Crippen LogP contribution in [0.1, 0.15) is 63.2 Å². The van der Waals surface area contributed by atoms with Crippen LogP contribution in [0.5, 0.6) is 5.75 Å². The van der Waals surface area contributed by atoms with E-state index in [1.807, 2.05) is 62.1 Å². The van der Waals surface area contributed by atoms with Gasteiger partial charge in [0, 0.05) is 29.0 Å². The van der Waals surface area contributed by atoms with Gasteiger partial charge in [0.1, 0.15) is 11.4 Å². The van der Waals surface area contributed by atoms with Crippen molar-refractivity contribution >= 4 is 22.6 Å². The molecule has 2 aromatic carbocycles. The fraction of sp³-hybridized carbons (Fsp3) is 0.520. The topological polar surface area (TPSA) is 55.8 Å². The summed E-state index contributed by atoms with van der Waals surface area (Å²) in [7, 11) is 1.65. The Hall–Kier alpha value is -2.56. The lowest BCUT2D eigenvalue weighted by Crippen LogP contribution is -2.56. The molecule has 1 amide bonds. The van der Waals surface area contributed by atoms with Gasteiger partial charge in [-0.05, 0) is 70.4 Å². The first-order valence-electron chi connectivity index (χ1n) is 10.9. The van der Waals surface area contributed by atoms with Gasteiger partial charge in [-0.1, -0.05) is 24.3 Å². The van der Waals surface area contributed by atoms with Gasteiger partial charge in [-0.15, -0.1) is 0 Å². The largest absolute Gasteiger partial charge is 0.496 e. The fourth-order valence-electron chi connectivity index (χ4n) is 5.09. The molecular formula is C25H31NO4. The summed E-state index contributed by atoms with van der Waals surface area (Å²) >= 11 is 0. The summed E-state index contributed by atoms with van der Waals surface area (Å²) in [4.78, 5) is 28.3. The van der Waals surface area contributed by atoms with E-state index in [0.717, 1.165) is 41.3 Å². The maximum absolute atomic E-state index is 13.6. The normalized spacial score (nSPS) is 23.9. The van der Waals surface area contributed by atoms with Gasteiger partial charge in [-0.3, -0.25) is 4.79 Å². The number of fused-ring (bicyclic) bond motifs is 3. The Bertz CT molecular complexity index is 947. The number of methoxy groups -OCH3 is 1. The molecule has 2 atom stereocenters. The summed E-state index contributed by atoms with van der Waals surface area (Å²) in [6, 6.07) is 11.8. The van der Waals surface area contributed by atoms with Crippen LogP contribution < -0.4 is 4.74 Å². The minimum Gasteiger partial charge on any atom is -0.496 e. The quantitative estimate of drug-likeness (QED) is 0.619. The van der Waals surface area contributed by atoms with Crippen molar-refractivity contribution in [2.24, 2.45) is 5.92 Å². The number of ether oxygens (including phenoxy) is 2. The van der Waals surface area contributed by atoms with E-state index < -0.39 is 5.60 Å². The van der Waals surface area contributed by atoms with E-state index in [9.17, 15) is 9.59 Å². The molecule has 5 nitrogen and oxygen atoms in total. The van der Waals surface area contributed by atoms with Crippen molar-refractivity contribution in [3.8, 4) is 5.75 Å². The molecule has 0 radical (unpaired) electrons. The van der Waals surface area contributed by atoms with E-state index in [1.165, 1.54) is 0 Å². The Balaban J connectivity index is 1.59. The molecule has 2 saturated heterocycles. The highest BCUT2D eigenvalue weighted by Gasteiger charge is 2.44. The number of rotatable bonds is 3. The van der Waals surface area contributed by atoms with E-state index in [0.29, 0.717) is 12.8 Å². The van der Waals surface area contributed by atoms with Crippen LogP contribution in [0.25, 0.3) is 10.8 Å². The Morgan fingerprint density at radius 1 is 0.967 bits per heavy atom. The number of hydrogen-bond acceptors (Lipinski definition) is 4. The molecule has 2 heterocycles. The number of nitrogens with zero attached hydrogens (tertiary/aromatic N) is 1. The minimum atomic E-state index is -0.514. The molecule has 30 heavy (non-hydrogen) atoms. The van der Waals surface area contributed by atoms with Gasteiger partial charge in [-0.2, -0.15) is 0 Å². The fourth-order valence-corrected chi connectivity index (χ4v) is 5.09. The van der Waals surface area contributed by atoms with Crippen LogP contribution in [0.15, 0.2) is 36.4 Å². The van der Waals surface area contributed by atoms with E-state index in [1.54, 1.807) is 7.11 Å². The third-order valence-electron chi connectivity index (χ3n) is 6.32. The van der Waals surface area contributed by atoms with Gasteiger partial charge >= 0.3 is 6.09 Å². The number of piperidine rings is 2. The van der Waals surface area contributed by atoms with E-state index in [4.69, 9.17) is 9.47 Å². The number of benzene rings is 2. The van der Waals surface area contributed by atoms with Crippen molar-refractivity contribution in [3.63, 3.8) is 0 Å². The standard InChI is InChI=1S/C25H31NO4/c1-25(2,3)30-24(28)26-17-8-7-9-18(26)15-16(14-17)23(27)21-12-13-22(29-4)20-11-6-5-10-19(20)21/h5-6,10-13,16-18H,7-9,14-15H2,1-4H3. The van der Waals surface area contributed by atoms with Crippen LogP contribution in [0.3, 0.4) is 0 Å². The lowest BCUT2D eigenvalue weighted by Gasteiger charge is -2.48. The van der Waals surface area contributed by atoms with Crippen LogP contribution >= 0.6 is 0 Å². The molecule has 2 unspecified atom stereocenters. The first-order chi connectivity index (χ1) is 14.3. The zero-order chi connectivity index (χ0) is 21.5.